The summed E-state index contributed by atoms with van der Waals surface area (Å²) in [6.07, 6.45) is 1.80. The molecule has 2 N–H and O–H groups in total. The molecule has 0 aliphatic carbocycles. The monoisotopic (exact) mass is 280 g/mol. The number of thiophene rings is 1. The molecule has 0 unspecified atom stereocenters. The maximum absolute atomic E-state index is 11.6. The van der Waals surface area contributed by atoms with Crippen LogP contribution in [0.4, 0.5) is 10.6 Å². The average Bonchev–Trinajstić information content (AvgIpc) is 3.05. The predicted molar refractivity (Wildman–Crippen MR) is 74.3 cm³/mol. The largest absolute Gasteiger partial charge is 0.383 e. The van der Waals surface area contributed by atoms with Gasteiger partial charge in [0.15, 0.2) is 5.82 Å². The van der Waals surface area contributed by atoms with Gasteiger partial charge >= 0.3 is 6.03 Å². The molecule has 0 aromatic carbocycles. The zero-order chi connectivity index (χ0) is 13.5. The lowest BCUT2D eigenvalue weighted by Crippen LogP contribution is -2.28. The van der Waals surface area contributed by atoms with Gasteiger partial charge in [-0.15, -0.1) is 11.3 Å². The van der Waals surface area contributed by atoms with Crippen LogP contribution in [0.25, 0.3) is 0 Å². The third-order valence-corrected chi connectivity index (χ3v) is 3.29. The van der Waals surface area contributed by atoms with Crippen molar-refractivity contribution >= 4 is 23.2 Å². The highest BCUT2D eigenvalue weighted by Gasteiger charge is 2.04. The molecule has 0 bridgehead atoms. The lowest BCUT2D eigenvalue weighted by molar-refractivity contribution is 0.183. The van der Waals surface area contributed by atoms with Gasteiger partial charge in [0.05, 0.1) is 19.7 Å². The van der Waals surface area contributed by atoms with E-state index in [1.165, 1.54) is 0 Å². The van der Waals surface area contributed by atoms with Crippen molar-refractivity contribution in [2.24, 2.45) is 0 Å². The van der Waals surface area contributed by atoms with Gasteiger partial charge in [-0.05, 0) is 11.4 Å². The Morgan fingerprint density at radius 2 is 2.42 bits per heavy atom. The van der Waals surface area contributed by atoms with Crippen LogP contribution in [0.1, 0.15) is 4.88 Å². The zero-order valence-electron chi connectivity index (χ0n) is 10.6. The van der Waals surface area contributed by atoms with E-state index in [1.807, 2.05) is 17.5 Å². The predicted octanol–water partition coefficient (Wildman–Crippen LogP) is 1.91. The fourth-order valence-electron chi connectivity index (χ4n) is 1.48. The van der Waals surface area contributed by atoms with Gasteiger partial charge < -0.3 is 10.1 Å². The summed E-state index contributed by atoms with van der Waals surface area (Å²) < 4.78 is 6.68. The molecule has 0 radical (unpaired) electrons. The molecule has 2 amide bonds. The number of methoxy groups -OCH3 is 1. The standard InChI is InChI=1S/C12H16N4O2S/c1-18-7-6-16-5-4-11(15-16)14-12(17)13-9-10-3-2-8-19-10/h2-5,8H,6-7,9H2,1H3,(H2,13,14,15,17). The minimum atomic E-state index is -0.259. The van der Waals surface area contributed by atoms with Crippen molar-refractivity contribution in [3.05, 3.63) is 34.7 Å². The van der Waals surface area contributed by atoms with Gasteiger partial charge in [0.2, 0.25) is 0 Å². The van der Waals surface area contributed by atoms with Gasteiger partial charge in [-0.3, -0.25) is 10.00 Å². The summed E-state index contributed by atoms with van der Waals surface area (Å²) in [5.41, 5.74) is 0. The average molecular weight is 280 g/mol. The van der Waals surface area contributed by atoms with Crippen LogP contribution in [0.3, 0.4) is 0 Å². The number of ether oxygens (including phenoxy) is 1. The molecule has 0 saturated carbocycles. The van der Waals surface area contributed by atoms with Gasteiger partial charge in [0, 0.05) is 24.3 Å². The molecular weight excluding hydrogens is 264 g/mol. The summed E-state index contributed by atoms with van der Waals surface area (Å²) >= 11 is 1.61. The van der Waals surface area contributed by atoms with Crippen molar-refractivity contribution in [1.82, 2.24) is 15.1 Å². The number of nitrogens with zero attached hydrogens (tertiary/aromatic N) is 2. The van der Waals surface area contributed by atoms with E-state index < -0.39 is 0 Å². The smallest absolute Gasteiger partial charge is 0.320 e. The van der Waals surface area contributed by atoms with Crippen LogP contribution in [0.5, 0.6) is 0 Å². The van der Waals surface area contributed by atoms with Crippen LogP contribution in [-0.4, -0.2) is 29.5 Å². The first kappa shape index (κ1) is 13.6. The molecule has 0 fully saturated rings. The quantitative estimate of drug-likeness (QED) is 0.849. The van der Waals surface area contributed by atoms with Gasteiger partial charge in [-0.25, -0.2) is 4.79 Å². The third-order valence-electron chi connectivity index (χ3n) is 2.41. The summed E-state index contributed by atoms with van der Waals surface area (Å²) in [5, 5.41) is 11.6. The van der Waals surface area contributed by atoms with E-state index in [0.29, 0.717) is 25.5 Å². The molecule has 102 valence electrons. The van der Waals surface area contributed by atoms with E-state index >= 15 is 0 Å². The summed E-state index contributed by atoms with van der Waals surface area (Å²) in [6.45, 7) is 1.77. The highest BCUT2D eigenvalue weighted by Crippen LogP contribution is 2.07. The minimum Gasteiger partial charge on any atom is -0.383 e. The Morgan fingerprint density at radius 1 is 1.53 bits per heavy atom. The molecule has 7 heteroatoms. The number of amides is 2. The topological polar surface area (TPSA) is 68.2 Å². The fourth-order valence-corrected chi connectivity index (χ4v) is 2.12. The number of carbonyl (C=O) groups excluding carboxylic acids is 1. The SMILES string of the molecule is COCCn1ccc(NC(=O)NCc2cccs2)n1. The fraction of sp³-hybridized carbons (Fsp3) is 0.333. The van der Waals surface area contributed by atoms with Crippen molar-refractivity contribution < 1.29 is 9.53 Å². The Kier molecular flexibility index (Phi) is 4.93. The number of hydrogen-bond acceptors (Lipinski definition) is 4. The van der Waals surface area contributed by atoms with E-state index in [0.717, 1.165) is 4.88 Å². The molecule has 0 atom stereocenters. The van der Waals surface area contributed by atoms with E-state index in [2.05, 4.69) is 15.7 Å². The number of carbonyl (C=O) groups is 1. The van der Waals surface area contributed by atoms with Crippen LogP contribution in [0.15, 0.2) is 29.8 Å². The molecule has 0 spiro atoms. The summed E-state index contributed by atoms with van der Waals surface area (Å²) in [4.78, 5) is 12.8. The number of nitrogens with one attached hydrogen (secondary N) is 2. The van der Waals surface area contributed by atoms with E-state index in [4.69, 9.17) is 4.74 Å². The first-order valence-electron chi connectivity index (χ1n) is 5.87. The molecule has 2 rings (SSSR count). The number of hydrogen-bond donors (Lipinski definition) is 2. The molecule has 0 aliphatic rings. The van der Waals surface area contributed by atoms with Crippen molar-refractivity contribution in [3.8, 4) is 0 Å². The van der Waals surface area contributed by atoms with Crippen LogP contribution < -0.4 is 10.6 Å². The molecule has 2 heterocycles. The lowest BCUT2D eigenvalue weighted by atomic mass is 10.5. The van der Waals surface area contributed by atoms with Crippen LogP contribution in [0.2, 0.25) is 0 Å². The van der Waals surface area contributed by atoms with Crippen LogP contribution in [-0.2, 0) is 17.8 Å². The molecule has 0 aliphatic heterocycles. The second kappa shape index (κ2) is 6.91. The highest BCUT2D eigenvalue weighted by molar-refractivity contribution is 7.09. The first-order chi connectivity index (χ1) is 9.28. The number of urea groups is 1. The third kappa shape index (κ3) is 4.38. The highest BCUT2D eigenvalue weighted by atomic mass is 32.1. The maximum atomic E-state index is 11.6. The van der Waals surface area contributed by atoms with Crippen LogP contribution >= 0.6 is 11.3 Å². The Labute approximate surface area is 115 Å². The molecule has 2 aromatic rings. The number of aromatic nitrogens is 2. The van der Waals surface area contributed by atoms with Gasteiger partial charge in [0.25, 0.3) is 0 Å². The second-order valence-corrected chi connectivity index (χ2v) is 4.88. The molecule has 6 nitrogen and oxygen atoms in total. The Bertz CT molecular complexity index is 510. The van der Waals surface area contributed by atoms with Crippen molar-refractivity contribution in [2.45, 2.75) is 13.1 Å². The van der Waals surface area contributed by atoms with E-state index in [-0.39, 0.29) is 6.03 Å². The van der Waals surface area contributed by atoms with Crippen molar-refractivity contribution in [1.29, 1.82) is 0 Å². The summed E-state index contributed by atoms with van der Waals surface area (Å²) in [6, 6.07) is 5.42. The zero-order valence-corrected chi connectivity index (χ0v) is 11.4. The molecule has 0 saturated heterocycles. The number of anilines is 1. The van der Waals surface area contributed by atoms with E-state index in [1.54, 1.807) is 35.4 Å². The molecule has 19 heavy (non-hydrogen) atoms. The Hall–Kier alpha value is -1.86. The Morgan fingerprint density at radius 3 is 3.16 bits per heavy atom. The van der Waals surface area contributed by atoms with Gasteiger partial charge in [-0.1, -0.05) is 6.07 Å². The van der Waals surface area contributed by atoms with Crippen LogP contribution in [0, 0.1) is 0 Å². The summed E-state index contributed by atoms with van der Waals surface area (Å²) in [5.74, 6) is 0.528. The molecular formula is C12H16N4O2S. The lowest BCUT2D eigenvalue weighted by Gasteiger charge is -2.04. The molecule has 2 aromatic heterocycles. The maximum Gasteiger partial charge on any atom is 0.320 e. The Balaban J connectivity index is 1.76. The first-order valence-corrected chi connectivity index (χ1v) is 6.75. The normalized spacial score (nSPS) is 10.4. The van der Waals surface area contributed by atoms with Gasteiger partial charge in [0.1, 0.15) is 0 Å². The number of rotatable bonds is 6. The van der Waals surface area contributed by atoms with Crippen molar-refractivity contribution in [2.75, 3.05) is 19.0 Å². The minimum absolute atomic E-state index is 0.259. The summed E-state index contributed by atoms with van der Waals surface area (Å²) in [7, 11) is 1.64. The van der Waals surface area contributed by atoms with E-state index in [9.17, 15) is 4.79 Å². The van der Waals surface area contributed by atoms with Crippen molar-refractivity contribution in [3.63, 3.8) is 0 Å². The second-order valence-electron chi connectivity index (χ2n) is 3.84. The van der Waals surface area contributed by atoms with Gasteiger partial charge in [-0.2, -0.15) is 5.10 Å².